The fourth-order valence-corrected chi connectivity index (χ4v) is 1.95. The van der Waals surface area contributed by atoms with Crippen molar-refractivity contribution >= 4 is 6.29 Å². The number of aromatic nitrogens is 2. The molecule has 1 aromatic carbocycles. The van der Waals surface area contributed by atoms with E-state index in [-0.39, 0.29) is 0 Å². The standard InChI is InChI=1S/C13H12N2O3/c16-9-11-12-13(18-7-6-17-12)15(14-11)8-10-4-2-1-3-5-10/h1-5,9H,6-8H2. The number of carbonyl (C=O) groups excluding carboxylic acids is 1. The van der Waals surface area contributed by atoms with E-state index in [4.69, 9.17) is 9.47 Å². The number of fused-ring (bicyclic) bond motifs is 1. The SMILES string of the molecule is O=Cc1nn(Cc2ccccc2)c2c1OCCO2. The summed E-state index contributed by atoms with van der Waals surface area (Å²) in [5.41, 5.74) is 1.38. The summed E-state index contributed by atoms with van der Waals surface area (Å²) in [6, 6.07) is 9.88. The lowest BCUT2D eigenvalue weighted by Gasteiger charge is -2.16. The molecule has 0 atom stereocenters. The molecular formula is C13H12N2O3. The molecule has 0 saturated carbocycles. The largest absolute Gasteiger partial charge is 0.483 e. The molecule has 5 nitrogen and oxygen atoms in total. The van der Waals surface area contributed by atoms with Crippen LogP contribution in [0.25, 0.3) is 0 Å². The first kappa shape index (κ1) is 10.8. The van der Waals surface area contributed by atoms with E-state index < -0.39 is 0 Å². The minimum atomic E-state index is 0.292. The number of hydrogen-bond acceptors (Lipinski definition) is 4. The number of hydrogen-bond donors (Lipinski definition) is 0. The van der Waals surface area contributed by atoms with Crippen LogP contribution in [0.4, 0.5) is 0 Å². The average molecular weight is 244 g/mol. The van der Waals surface area contributed by atoms with Crippen LogP contribution < -0.4 is 9.47 Å². The fraction of sp³-hybridized carbons (Fsp3) is 0.231. The van der Waals surface area contributed by atoms with Gasteiger partial charge in [-0.1, -0.05) is 30.3 Å². The quantitative estimate of drug-likeness (QED) is 0.768. The molecule has 0 fully saturated rings. The molecule has 0 N–H and O–H groups in total. The van der Waals surface area contributed by atoms with Crippen molar-refractivity contribution in [1.82, 2.24) is 9.78 Å². The number of ether oxygens (including phenoxy) is 2. The van der Waals surface area contributed by atoms with Crippen molar-refractivity contribution in [2.45, 2.75) is 6.54 Å². The minimum absolute atomic E-state index is 0.292. The van der Waals surface area contributed by atoms with Crippen molar-refractivity contribution in [3.63, 3.8) is 0 Å². The van der Waals surface area contributed by atoms with Gasteiger partial charge < -0.3 is 9.47 Å². The topological polar surface area (TPSA) is 53.4 Å². The van der Waals surface area contributed by atoms with Gasteiger partial charge in [0.1, 0.15) is 13.2 Å². The Balaban J connectivity index is 1.97. The van der Waals surface area contributed by atoms with Crippen LogP contribution in [0.5, 0.6) is 11.6 Å². The van der Waals surface area contributed by atoms with Crippen LogP contribution in [-0.4, -0.2) is 29.3 Å². The number of nitrogens with zero attached hydrogens (tertiary/aromatic N) is 2. The predicted octanol–water partition coefficient (Wildman–Crippen LogP) is 1.52. The van der Waals surface area contributed by atoms with E-state index in [0.717, 1.165) is 5.56 Å². The first-order valence-corrected chi connectivity index (χ1v) is 5.74. The highest BCUT2D eigenvalue weighted by atomic mass is 16.6. The van der Waals surface area contributed by atoms with Crippen molar-refractivity contribution in [3.05, 3.63) is 41.6 Å². The van der Waals surface area contributed by atoms with E-state index in [1.54, 1.807) is 4.68 Å². The van der Waals surface area contributed by atoms with Gasteiger partial charge in [0.2, 0.25) is 5.75 Å². The number of aldehydes is 1. The van der Waals surface area contributed by atoms with Crippen LogP contribution in [0.15, 0.2) is 30.3 Å². The van der Waals surface area contributed by atoms with Gasteiger partial charge in [-0.25, -0.2) is 4.68 Å². The first-order chi connectivity index (χ1) is 8.88. The third kappa shape index (κ3) is 1.84. The second kappa shape index (κ2) is 4.52. The molecule has 92 valence electrons. The number of carbonyl (C=O) groups is 1. The summed E-state index contributed by atoms with van der Waals surface area (Å²) >= 11 is 0. The molecule has 1 aliphatic rings. The molecule has 2 heterocycles. The van der Waals surface area contributed by atoms with E-state index in [1.807, 2.05) is 30.3 Å². The van der Waals surface area contributed by atoms with Crippen molar-refractivity contribution in [3.8, 4) is 11.6 Å². The van der Waals surface area contributed by atoms with Crippen molar-refractivity contribution < 1.29 is 14.3 Å². The van der Waals surface area contributed by atoms with E-state index in [1.165, 1.54) is 0 Å². The molecule has 5 heteroatoms. The maximum atomic E-state index is 10.9. The lowest BCUT2D eigenvalue weighted by Crippen LogP contribution is -2.17. The summed E-state index contributed by atoms with van der Waals surface area (Å²) in [4.78, 5) is 10.9. The maximum Gasteiger partial charge on any atom is 0.256 e. The third-order valence-electron chi connectivity index (χ3n) is 2.75. The van der Waals surface area contributed by atoms with Crippen LogP contribution in [0.2, 0.25) is 0 Å². The Labute approximate surface area is 104 Å². The zero-order valence-corrected chi connectivity index (χ0v) is 9.70. The Morgan fingerprint density at radius 3 is 2.78 bits per heavy atom. The van der Waals surface area contributed by atoms with Crippen LogP contribution in [-0.2, 0) is 6.54 Å². The van der Waals surface area contributed by atoms with Crippen LogP contribution in [0.1, 0.15) is 16.1 Å². The zero-order chi connectivity index (χ0) is 12.4. The minimum Gasteiger partial charge on any atom is -0.483 e. The molecule has 2 aromatic rings. The van der Waals surface area contributed by atoms with E-state index >= 15 is 0 Å². The van der Waals surface area contributed by atoms with Gasteiger partial charge in [0.05, 0.1) is 6.54 Å². The molecule has 1 aliphatic heterocycles. The Hall–Kier alpha value is -2.30. The van der Waals surface area contributed by atoms with Gasteiger partial charge in [0.15, 0.2) is 12.0 Å². The smallest absolute Gasteiger partial charge is 0.256 e. The summed E-state index contributed by atoms with van der Waals surface area (Å²) < 4.78 is 12.6. The first-order valence-electron chi connectivity index (χ1n) is 5.74. The highest BCUT2D eigenvalue weighted by Crippen LogP contribution is 2.33. The van der Waals surface area contributed by atoms with Gasteiger partial charge in [-0.2, -0.15) is 5.10 Å². The summed E-state index contributed by atoms with van der Waals surface area (Å²) in [6.07, 6.45) is 0.689. The van der Waals surface area contributed by atoms with Gasteiger partial charge >= 0.3 is 0 Å². The lowest BCUT2D eigenvalue weighted by molar-refractivity contribution is 0.111. The normalized spacial score (nSPS) is 13.3. The third-order valence-corrected chi connectivity index (χ3v) is 2.75. The van der Waals surface area contributed by atoms with E-state index in [0.29, 0.717) is 43.4 Å². The van der Waals surface area contributed by atoms with Crippen LogP contribution >= 0.6 is 0 Å². The lowest BCUT2D eigenvalue weighted by atomic mass is 10.2. The molecule has 0 unspecified atom stereocenters. The summed E-state index contributed by atoms with van der Waals surface area (Å²) in [6.45, 7) is 1.48. The number of rotatable bonds is 3. The molecule has 0 saturated heterocycles. The molecule has 18 heavy (non-hydrogen) atoms. The van der Waals surface area contributed by atoms with Crippen molar-refractivity contribution in [2.75, 3.05) is 13.2 Å². The Morgan fingerprint density at radius 2 is 2.00 bits per heavy atom. The molecule has 0 radical (unpaired) electrons. The van der Waals surface area contributed by atoms with E-state index in [2.05, 4.69) is 5.10 Å². The Bertz CT molecular complexity index is 563. The molecule has 0 aliphatic carbocycles. The van der Waals surface area contributed by atoms with Gasteiger partial charge in [-0.15, -0.1) is 0 Å². The Kier molecular flexibility index (Phi) is 2.72. The second-order valence-electron chi connectivity index (χ2n) is 3.98. The van der Waals surface area contributed by atoms with Crippen molar-refractivity contribution in [2.24, 2.45) is 0 Å². The highest BCUT2D eigenvalue weighted by molar-refractivity contribution is 5.78. The summed E-state index contributed by atoms with van der Waals surface area (Å²) in [5.74, 6) is 0.986. The molecule has 0 spiro atoms. The maximum absolute atomic E-state index is 10.9. The van der Waals surface area contributed by atoms with Crippen LogP contribution in [0, 0.1) is 0 Å². The van der Waals surface area contributed by atoms with Gasteiger partial charge in [0, 0.05) is 0 Å². The molecule has 0 bridgehead atoms. The molecule has 0 amide bonds. The predicted molar refractivity (Wildman–Crippen MR) is 64.1 cm³/mol. The average Bonchev–Trinajstić information content (AvgIpc) is 2.78. The number of benzene rings is 1. The van der Waals surface area contributed by atoms with Crippen LogP contribution in [0.3, 0.4) is 0 Å². The van der Waals surface area contributed by atoms with Crippen molar-refractivity contribution in [1.29, 1.82) is 0 Å². The van der Waals surface area contributed by atoms with Gasteiger partial charge in [0.25, 0.3) is 5.88 Å². The Morgan fingerprint density at radius 1 is 1.22 bits per heavy atom. The second-order valence-corrected chi connectivity index (χ2v) is 3.98. The molecule has 3 rings (SSSR count). The molecule has 1 aromatic heterocycles. The fourth-order valence-electron chi connectivity index (χ4n) is 1.95. The van der Waals surface area contributed by atoms with E-state index in [9.17, 15) is 4.79 Å². The zero-order valence-electron chi connectivity index (χ0n) is 9.70. The molecular weight excluding hydrogens is 232 g/mol. The summed E-state index contributed by atoms with van der Waals surface area (Å²) in [5, 5.41) is 4.20. The monoisotopic (exact) mass is 244 g/mol. The summed E-state index contributed by atoms with van der Waals surface area (Å²) in [7, 11) is 0. The van der Waals surface area contributed by atoms with Gasteiger partial charge in [-0.05, 0) is 5.56 Å². The highest BCUT2D eigenvalue weighted by Gasteiger charge is 2.23. The van der Waals surface area contributed by atoms with Gasteiger partial charge in [-0.3, -0.25) is 4.79 Å².